The second-order valence-corrected chi connectivity index (χ2v) is 4.63. The van der Waals surface area contributed by atoms with Crippen LogP contribution < -0.4 is 5.32 Å². The van der Waals surface area contributed by atoms with E-state index in [9.17, 15) is 14.7 Å². The quantitative estimate of drug-likeness (QED) is 0.776. The Morgan fingerprint density at radius 1 is 1.47 bits per heavy atom. The van der Waals surface area contributed by atoms with Gasteiger partial charge in [-0.15, -0.1) is 5.10 Å². The number of nitrogens with zero attached hydrogens (tertiary/aromatic N) is 5. The summed E-state index contributed by atoms with van der Waals surface area (Å²) >= 11 is 0. The number of piperidine rings is 1. The Bertz CT molecular complexity index is 487. The highest BCUT2D eigenvalue weighted by Crippen LogP contribution is 2.24. The summed E-state index contributed by atoms with van der Waals surface area (Å²) in [7, 11) is 1.58. The summed E-state index contributed by atoms with van der Waals surface area (Å²) < 4.78 is 0. The number of carbonyl (C=O) groups excluding carboxylic acids is 1. The molecule has 1 aromatic rings. The topological polar surface area (TPSA) is 113 Å². The van der Waals surface area contributed by atoms with Crippen LogP contribution >= 0.6 is 0 Å². The largest absolute Gasteiger partial charge is 0.480 e. The van der Waals surface area contributed by atoms with Crippen LogP contribution in [0.2, 0.25) is 0 Å². The first kappa shape index (κ1) is 13.2. The van der Waals surface area contributed by atoms with Crippen LogP contribution in [0, 0.1) is 5.92 Å². The molecule has 1 fully saturated rings. The van der Waals surface area contributed by atoms with Gasteiger partial charge in [0.2, 0.25) is 0 Å². The van der Waals surface area contributed by atoms with E-state index in [1.54, 1.807) is 7.05 Å². The number of hydrogen-bond acceptors (Lipinski definition) is 5. The molecule has 0 aromatic carbocycles. The third-order valence-electron chi connectivity index (χ3n) is 3.17. The number of carbonyl (C=O) groups is 2. The first-order valence-corrected chi connectivity index (χ1v) is 6.03. The number of carboxylic acids is 1. The molecular formula is C10H16N6O3. The zero-order valence-corrected chi connectivity index (χ0v) is 10.8. The number of carboxylic acid groups (broad SMARTS) is 1. The molecule has 1 aliphatic rings. The number of likely N-dealkylation sites (tertiary alicyclic amines) is 1. The normalized spacial score (nSPS) is 23.2. The molecule has 9 heteroatoms. The average Bonchev–Trinajstić information content (AvgIpc) is 2.73. The maximum absolute atomic E-state index is 12.1. The van der Waals surface area contributed by atoms with Gasteiger partial charge in [-0.1, -0.05) is 12.0 Å². The van der Waals surface area contributed by atoms with Crippen LogP contribution in [0.5, 0.6) is 0 Å². The number of nitrogens with one attached hydrogen (secondary N) is 1. The highest BCUT2D eigenvalue weighted by molar-refractivity contribution is 5.91. The molecule has 2 atom stereocenters. The fourth-order valence-corrected chi connectivity index (χ4v) is 2.29. The minimum Gasteiger partial charge on any atom is -0.480 e. The summed E-state index contributed by atoms with van der Waals surface area (Å²) in [5.41, 5.74) is 0. The lowest BCUT2D eigenvalue weighted by atomic mass is 9.91. The van der Waals surface area contributed by atoms with E-state index in [1.807, 2.05) is 6.92 Å². The van der Waals surface area contributed by atoms with Gasteiger partial charge >= 0.3 is 12.0 Å². The van der Waals surface area contributed by atoms with Crippen LogP contribution in [0.3, 0.4) is 0 Å². The second-order valence-electron chi connectivity index (χ2n) is 4.63. The summed E-state index contributed by atoms with van der Waals surface area (Å²) in [5, 5.41) is 22.7. The monoisotopic (exact) mass is 268 g/mol. The molecule has 2 amide bonds. The van der Waals surface area contributed by atoms with Crippen molar-refractivity contribution in [1.82, 2.24) is 25.1 Å². The molecule has 1 aliphatic heterocycles. The first-order chi connectivity index (χ1) is 8.99. The van der Waals surface area contributed by atoms with Crippen molar-refractivity contribution in [3.63, 3.8) is 0 Å². The zero-order chi connectivity index (χ0) is 14.0. The average molecular weight is 268 g/mol. The van der Waals surface area contributed by atoms with E-state index in [1.165, 1.54) is 9.70 Å². The Labute approximate surface area is 109 Å². The van der Waals surface area contributed by atoms with Crippen molar-refractivity contribution in [2.45, 2.75) is 25.8 Å². The molecule has 2 unspecified atom stereocenters. The standard InChI is InChI=1S/C10H16N6O3/c1-6-4-3-5-16(7(6)8(17)18)10(19)11-9-12-14-15(2)13-9/h6-7H,3-5H2,1-2H3,(H,17,18)(H,11,13,19). The molecule has 9 nitrogen and oxygen atoms in total. The van der Waals surface area contributed by atoms with Gasteiger partial charge in [-0.05, 0) is 24.0 Å². The van der Waals surface area contributed by atoms with Crippen LogP contribution in [0.15, 0.2) is 0 Å². The number of aromatic nitrogens is 4. The Hall–Kier alpha value is -2.19. The summed E-state index contributed by atoms with van der Waals surface area (Å²) in [6, 6.07) is -1.32. The molecule has 19 heavy (non-hydrogen) atoms. The van der Waals surface area contributed by atoms with E-state index in [0.29, 0.717) is 6.54 Å². The lowest BCUT2D eigenvalue weighted by molar-refractivity contribution is -0.145. The lowest BCUT2D eigenvalue weighted by Crippen LogP contribution is -2.53. The Balaban J connectivity index is 2.09. The maximum atomic E-state index is 12.1. The van der Waals surface area contributed by atoms with Crippen molar-refractivity contribution >= 4 is 17.9 Å². The molecular weight excluding hydrogens is 252 g/mol. The molecule has 0 aliphatic carbocycles. The van der Waals surface area contributed by atoms with Crippen molar-refractivity contribution in [2.24, 2.45) is 13.0 Å². The minimum atomic E-state index is -0.991. The van der Waals surface area contributed by atoms with Gasteiger partial charge in [-0.25, -0.2) is 9.59 Å². The van der Waals surface area contributed by atoms with Gasteiger partial charge in [0.1, 0.15) is 6.04 Å². The van der Waals surface area contributed by atoms with Crippen LogP contribution in [0.4, 0.5) is 10.7 Å². The number of aliphatic carboxylic acids is 1. The third kappa shape index (κ3) is 2.80. The van der Waals surface area contributed by atoms with Crippen molar-refractivity contribution in [3.05, 3.63) is 0 Å². The highest BCUT2D eigenvalue weighted by atomic mass is 16.4. The fraction of sp³-hybridized carbons (Fsp3) is 0.700. The van der Waals surface area contributed by atoms with Gasteiger partial charge in [-0.3, -0.25) is 5.32 Å². The minimum absolute atomic E-state index is 0.0647. The number of hydrogen-bond donors (Lipinski definition) is 2. The summed E-state index contributed by atoms with van der Waals surface area (Å²) in [5.74, 6) is -1.00. The summed E-state index contributed by atoms with van der Waals surface area (Å²) in [4.78, 5) is 25.9. The molecule has 104 valence electrons. The van der Waals surface area contributed by atoms with Crippen molar-refractivity contribution in [2.75, 3.05) is 11.9 Å². The highest BCUT2D eigenvalue weighted by Gasteiger charge is 2.37. The molecule has 1 saturated heterocycles. The Morgan fingerprint density at radius 3 is 2.79 bits per heavy atom. The van der Waals surface area contributed by atoms with Gasteiger partial charge in [0.15, 0.2) is 0 Å². The van der Waals surface area contributed by atoms with Crippen molar-refractivity contribution in [3.8, 4) is 0 Å². The maximum Gasteiger partial charge on any atom is 0.326 e. The van der Waals surface area contributed by atoms with E-state index >= 15 is 0 Å². The SMILES string of the molecule is CC1CCCN(C(=O)Nc2nnn(C)n2)C1C(=O)O. The Kier molecular flexibility index (Phi) is 3.63. The van der Waals surface area contributed by atoms with E-state index in [-0.39, 0.29) is 11.9 Å². The van der Waals surface area contributed by atoms with E-state index in [0.717, 1.165) is 12.8 Å². The molecule has 0 spiro atoms. The number of urea groups is 1. The first-order valence-electron chi connectivity index (χ1n) is 6.03. The van der Waals surface area contributed by atoms with Crippen LogP contribution in [0.25, 0.3) is 0 Å². The molecule has 2 heterocycles. The fourth-order valence-electron chi connectivity index (χ4n) is 2.29. The second kappa shape index (κ2) is 5.21. The number of anilines is 1. The van der Waals surface area contributed by atoms with E-state index in [4.69, 9.17) is 0 Å². The van der Waals surface area contributed by atoms with Crippen LogP contribution in [0.1, 0.15) is 19.8 Å². The predicted octanol–water partition coefficient (Wildman–Crippen LogP) is -0.0729. The molecule has 0 radical (unpaired) electrons. The van der Waals surface area contributed by atoms with Crippen molar-refractivity contribution in [1.29, 1.82) is 0 Å². The smallest absolute Gasteiger partial charge is 0.326 e. The van der Waals surface area contributed by atoms with E-state index < -0.39 is 18.0 Å². The van der Waals surface area contributed by atoms with Crippen molar-refractivity contribution < 1.29 is 14.7 Å². The van der Waals surface area contributed by atoms with Gasteiger partial charge in [0.05, 0.1) is 7.05 Å². The summed E-state index contributed by atoms with van der Waals surface area (Å²) in [6.45, 7) is 2.24. The lowest BCUT2D eigenvalue weighted by Gasteiger charge is -2.36. The zero-order valence-electron chi connectivity index (χ0n) is 10.8. The predicted molar refractivity (Wildman–Crippen MR) is 64.3 cm³/mol. The molecule has 2 N–H and O–H groups in total. The molecule has 2 rings (SSSR count). The molecule has 0 bridgehead atoms. The summed E-state index contributed by atoms with van der Waals surface area (Å²) in [6.07, 6.45) is 1.58. The number of amides is 2. The number of tetrazole rings is 1. The molecule has 0 saturated carbocycles. The van der Waals surface area contributed by atoms with Crippen LogP contribution in [-0.4, -0.2) is 54.8 Å². The van der Waals surface area contributed by atoms with Gasteiger partial charge in [-0.2, -0.15) is 4.80 Å². The van der Waals surface area contributed by atoms with Gasteiger partial charge in [0.25, 0.3) is 5.95 Å². The molecule has 1 aromatic heterocycles. The van der Waals surface area contributed by atoms with E-state index in [2.05, 4.69) is 20.7 Å². The number of aryl methyl sites for hydroxylation is 1. The van der Waals surface area contributed by atoms with Gasteiger partial charge < -0.3 is 10.0 Å². The third-order valence-corrected chi connectivity index (χ3v) is 3.17. The van der Waals surface area contributed by atoms with Crippen LogP contribution in [-0.2, 0) is 11.8 Å². The Morgan fingerprint density at radius 2 is 2.21 bits per heavy atom. The van der Waals surface area contributed by atoms with Gasteiger partial charge in [0, 0.05) is 6.54 Å². The number of rotatable bonds is 2.